The maximum absolute atomic E-state index is 12.3. The summed E-state index contributed by atoms with van der Waals surface area (Å²) in [6.45, 7) is 7.76. The molecule has 4 rings (SSSR count). The Hall–Kier alpha value is -2.42. The zero-order valence-corrected chi connectivity index (χ0v) is 23.3. The highest BCUT2D eigenvalue weighted by molar-refractivity contribution is 5.96. The topological polar surface area (TPSA) is 137 Å². The summed E-state index contributed by atoms with van der Waals surface area (Å²) in [5.41, 5.74) is 2.52. The number of aliphatic hydroxyl groups is 1. The third kappa shape index (κ3) is 5.49. The molecular weight excluding hydrogens is 486 g/mol. The van der Waals surface area contributed by atoms with Gasteiger partial charge in [-0.2, -0.15) is 0 Å². The number of carboxylic acids is 1. The molecule has 0 unspecified atom stereocenters. The van der Waals surface area contributed by atoms with Gasteiger partial charge in [-0.1, -0.05) is 37.9 Å². The maximum Gasteiger partial charge on any atom is 0.326 e. The number of nitrogens with zero attached hydrogens (tertiary/aromatic N) is 1. The molecule has 9 heteroatoms. The fourth-order valence-electron chi connectivity index (χ4n) is 7.98. The number of nitrogens with one attached hydrogen (secondary N) is 2. The maximum atomic E-state index is 12.3. The third-order valence-electron chi connectivity index (χ3n) is 10.3. The zero-order valence-electron chi connectivity index (χ0n) is 23.3. The van der Waals surface area contributed by atoms with Gasteiger partial charge in [0.15, 0.2) is 6.61 Å². The molecule has 0 saturated heterocycles. The van der Waals surface area contributed by atoms with Crippen LogP contribution >= 0.6 is 0 Å². The van der Waals surface area contributed by atoms with E-state index in [1.165, 1.54) is 18.9 Å². The highest BCUT2D eigenvalue weighted by atomic mass is 16.6. The third-order valence-corrected chi connectivity index (χ3v) is 10.3. The number of hydrogen-bond donors (Lipinski definition) is 4. The average molecular weight is 532 g/mol. The molecule has 0 aromatic carbocycles. The lowest BCUT2D eigenvalue weighted by Crippen LogP contribution is -2.51. The predicted octanol–water partition coefficient (Wildman–Crippen LogP) is 3.56. The molecule has 0 aromatic heterocycles. The van der Waals surface area contributed by atoms with Crippen LogP contribution in [0.3, 0.4) is 0 Å². The number of amides is 2. The summed E-state index contributed by atoms with van der Waals surface area (Å²) in [5.74, 6) is -0.186. The van der Waals surface area contributed by atoms with Crippen molar-refractivity contribution < 1.29 is 29.4 Å². The molecule has 4 N–H and O–H groups in total. The molecule has 0 heterocycles. The molecule has 0 spiro atoms. The van der Waals surface area contributed by atoms with Crippen LogP contribution in [0.1, 0.15) is 91.9 Å². The van der Waals surface area contributed by atoms with Crippen molar-refractivity contribution in [3.05, 3.63) is 11.6 Å². The molecule has 9 nitrogen and oxygen atoms in total. The standard InChI is InChI=1S/C29H45N3O6/c1-5-6-23(27(36)37)31-26(35)17(2)30-25(34)16-38-32-19-11-13-28(3)18(15-19)7-8-20-21-9-10-24(33)29(21,4)14-12-22(20)28/h15,17,20-24,33H,5-14,16H2,1-4H3,(H,30,34)(H,31,35)(H,36,37)/b32-19-/t17-,20+,21+,22+,23+,24-,28+,29+/m1/s1. The molecule has 3 fully saturated rings. The molecule has 212 valence electrons. The first kappa shape index (κ1) is 28.6. The molecule has 4 aliphatic carbocycles. The Labute approximate surface area is 225 Å². The van der Waals surface area contributed by atoms with Crippen LogP contribution in [0.4, 0.5) is 0 Å². The van der Waals surface area contributed by atoms with E-state index in [0.29, 0.717) is 30.6 Å². The van der Waals surface area contributed by atoms with E-state index in [1.807, 2.05) is 6.92 Å². The van der Waals surface area contributed by atoms with E-state index in [9.17, 15) is 24.6 Å². The van der Waals surface area contributed by atoms with Gasteiger partial charge in [0.1, 0.15) is 12.1 Å². The first-order valence-corrected chi connectivity index (χ1v) is 14.4. The molecule has 2 amide bonds. The molecule has 0 aromatic rings. The van der Waals surface area contributed by atoms with E-state index in [0.717, 1.165) is 50.7 Å². The number of aliphatic hydroxyl groups excluding tert-OH is 1. The number of oxime groups is 1. The van der Waals surface area contributed by atoms with Crippen LogP contribution in [0.5, 0.6) is 0 Å². The fraction of sp³-hybridized carbons (Fsp3) is 0.793. The van der Waals surface area contributed by atoms with E-state index in [-0.39, 0.29) is 23.5 Å². The van der Waals surface area contributed by atoms with Crippen molar-refractivity contribution in [3.8, 4) is 0 Å². The van der Waals surface area contributed by atoms with Gasteiger partial charge in [0.2, 0.25) is 5.91 Å². The van der Waals surface area contributed by atoms with E-state index < -0.39 is 29.9 Å². The minimum atomic E-state index is -1.09. The Morgan fingerprint density at radius 2 is 1.87 bits per heavy atom. The van der Waals surface area contributed by atoms with Crippen LogP contribution in [-0.4, -0.2) is 58.5 Å². The first-order chi connectivity index (χ1) is 18.0. The number of rotatable bonds is 9. The van der Waals surface area contributed by atoms with Crippen LogP contribution in [0.25, 0.3) is 0 Å². The van der Waals surface area contributed by atoms with E-state index in [1.54, 1.807) is 0 Å². The van der Waals surface area contributed by atoms with Crippen molar-refractivity contribution >= 4 is 23.5 Å². The largest absolute Gasteiger partial charge is 0.480 e. The lowest BCUT2D eigenvalue weighted by molar-refractivity contribution is -0.142. The van der Waals surface area contributed by atoms with Crippen molar-refractivity contribution in [2.75, 3.05) is 6.61 Å². The second-order valence-electron chi connectivity index (χ2n) is 12.5. The lowest BCUT2D eigenvalue weighted by atomic mass is 9.47. The van der Waals surface area contributed by atoms with Gasteiger partial charge < -0.3 is 25.7 Å². The summed E-state index contributed by atoms with van der Waals surface area (Å²) >= 11 is 0. The van der Waals surface area contributed by atoms with E-state index in [2.05, 4.69) is 35.7 Å². The predicted molar refractivity (Wildman–Crippen MR) is 143 cm³/mol. The molecule has 0 radical (unpaired) electrons. The van der Waals surface area contributed by atoms with Gasteiger partial charge >= 0.3 is 5.97 Å². The van der Waals surface area contributed by atoms with Gasteiger partial charge in [0.05, 0.1) is 11.8 Å². The monoisotopic (exact) mass is 531 g/mol. The van der Waals surface area contributed by atoms with Gasteiger partial charge in [-0.05, 0) is 99.4 Å². The van der Waals surface area contributed by atoms with Gasteiger partial charge in [-0.25, -0.2) is 4.79 Å². The molecule has 4 aliphatic rings. The summed E-state index contributed by atoms with van der Waals surface area (Å²) < 4.78 is 0. The Bertz CT molecular complexity index is 995. The number of carbonyl (C=O) groups excluding carboxylic acids is 2. The molecule has 0 bridgehead atoms. The van der Waals surface area contributed by atoms with Crippen molar-refractivity contribution in [1.29, 1.82) is 0 Å². The second kappa shape index (κ2) is 11.4. The number of allylic oxidation sites excluding steroid dienone is 2. The van der Waals surface area contributed by atoms with Crippen molar-refractivity contribution in [2.45, 2.75) is 110 Å². The van der Waals surface area contributed by atoms with Gasteiger partial charge in [-0.15, -0.1) is 0 Å². The van der Waals surface area contributed by atoms with Gasteiger partial charge in [-0.3, -0.25) is 9.59 Å². The Balaban J connectivity index is 1.30. The smallest absolute Gasteiger partial charge is 0.326 e. The highest BCUT2D eigenvalue weighted by Gasteiger charge is 2.58. The van der Waals surface area contributed by atoms with Crippen molar-refractivity contribution in [1.82, 2.24) is 10.6 Å². The van der Waals surface area contributed by atoms with Crippen molar-refractivity contribution in [2.24, 2.45) is 33.7 Å². The van der Waals surface area contributed by atoms with Crippen LogP contribution in [0.15, 0.2) is 16.8 Å². The van der Waals surface area contributed by atoms with Crippen LogP contribution in [-0.2, 0) is 19.2 Å². The summed E-state index contributed by atoms with van der Waals surface area (Å²) in [4.78, 5) is 41.2. The van der Waals surface area contributed by atoms with E-state index >= 15 is 0 Å². The fourth-order valence-corrected chi connectivity index (χ4v) is 7.98. The van der Waals surface area contributed by atoms with Crippen molar-refractivity contribution in [3.63, 3.8) is 0 Å². The number of carboxylic acid groups (broad SMARTS) is 1. The second-order valence-corrected chi connectivity index (χ2v) is 12.5. The minimum Gasteiger partial charge on any atom is -0.480 e. The molecule has 8 atom stereocenters. The summed E-state index contributed by atoms with van der Waals surface area (Å²) in [5, 5.41) is 29.1. The Morgan fingerprint density at radius 3 is 2.58 bits per heavy atom. The molecule has 0 aliphatic heterocycles. The normalized spacial score (nSPS) is 36.7. The zero-order chi connectivity index (χ0) is 27.7. The molecule has 38 heavy (non-hydrogen) atoms. The highest BCUT2D eigenvalue weighted by Crippen LogP contribution is 2.65. The Morgan fingerprint density at radius 1 is 1.11 bits per heavy atom. The summed E-state index contributed by atoms with van der Waals surface area (Å²) in [7, 11) is 0. The Kier molecular flexibility index (Phi) is 8.55. The van der Waals surface area contributed by atoms with Gasteiger partial charge in [0.25, 0.3) is 5.91 Å². The number of carbonyl (C=O) groups is 3. The lowest BCUT2D eigenvalue weighted by Gasteiger charge is -2.57. The summed E-state index contributed by atoms with van der Waals surface area (Å²) in [6.07, 6.45) is 11.3. The van der Waals surface area contributed by atoms with Gasteiger partial charge in [0, 0.05) is 0 Å². The first-order valence-electron chi connectivity index (χ1n) is 14.4. The molecular formula is C29H45N3O6. The quantitative estimate of drug-likeness (QED) is 0.336. The molecule has 3 saturated carbocycles. The SMILES string of the molecule is CCC[C@H](NC(=O)[C@@H](C)NC(=O)CO/N=C1\C=C2CC[C@H]3[C@@H]4CC[C@@H](O)[C@@]4(C)CC[C@@H]3[C@@]2(C)CC1)C(=O)O. The number of fused-ring (bicyclic) bond motifs is 5. The van der Waals surface area contributed by atoms with Crippen LogP contribution < -0.4 is 10.6 Å². The number of hydrogen-bond acceptors (Lipinski definition) is 6. The van der Waals surface area contributed by atoms with Crippen LogP contribution in [0.2, 0.25) is 0 Å². The van der Waals surface area contributed by atoms with E-state index in [4.69, 9.17) is 4.84 Å². The number of aliphatic carboxylic acids is 1. The minimum absolute atomic E-state index is 0.0834. The average Bonchev–Trinajstić information content (AvgIpc) is 3.18. The summed E-state index contributed by atoms with van der Waals surface area (Å²) in [6, 6.07) is -1.86. The van der Waals surface area contributed by atoms with Crippen LogP contribution in [0, 0.1) is 28.6 Å².